The highest BCUT2D eigenvalue weighted by Crippen LogP contribution is 2.68. The second-order valence-corrected chi connectivity index (χ2v) is 14.7. The van der Waals surface area contributed by atoms with Crippen molar-refractivity contribution in [3.05, 3.63) is 0 Å². The number of fused-ring (bicyclic) bond motifs is 5. The zero-order valence-corrected chi connectivity index (χ0v) is 23.4. The summed E-state index contributed by atoms with van der Waals surface area (Å²) in [4.78, 5) is 13.4. The summed E-state index contributed by atoms with van der Waals surface area (Å²) in [5, 5.41) is 10.3. The Morgan fingerprint density at radius 1 is 1.00 bits per heavy atom. The molecule has 4 aliphatic carbocycles. The van der Waals surface area contributed by atoms with Crippen LogP contribution in [-0.4, -0.2) is 36.1 Å². The van der Waals surface area contributed by atoms with E-state index in [1.54, 1.807) is 0 Å². The van der Waals surface area contributed by atoms with Gasteiger partial charge in [-0.1, -0.05) is 41.5 Å². The van der Waals surface area contributed by atoms with Crippen molar-refractivity contribution in [2.24, 2.45) is 58.2 Å². The summed E-state index contributed by atoms with van der Waals surface area (Å²) in [7, 11) is -4.54. The van der Waals surface area contributed by atoms with Crippen LogP contribution in [0.4, 0.5) is 0 Å². The summed E-state index contributed by atoms with van der Waals surface area (Å²) in [6.07, 6.45) is 6.98. The molecular formula is C28H48O6S. The molecule has 2 N–H and O–H groups in total. The molecule has 0 aromatic carbocycles. The zero-order valence-electron chi connectivity index (χ0n) is 22.6. The highest BCUT2D eigenvalue weighted by Gasteiger charge is 2.63. The largest absolute Gasteiger partial charge is 0.397 e. The van der Waals surface area contributed by atoms with E-state index >= 15 is 0 Å². The van der Waals surface area contributed by atoms with Gasteiger partial charge in [0.2, 0.25) is 0 Å². The third-order valence-corrected chi connectivity index (χ3v) is 12.2. The third kappa shape index (κ3) is 5.00. The Morgan fingerprint density at radius 3 is 2.26 bits per heavy atom. The molecule has 7 heteroatoms. The van der Waals surface area contributed by atoms with Gasteiger partial charge in [0.15, 0.2) is 0 Å². The number of rotatable bonds is 7. The monoisotopic (exact) mass is 512 g/mol. The highest BCUT2D eigenvalue weighted by atomic mass is 32.3. The predicted molar refractivity (Wildman–Crippen MR) is 136 cm³/mol. The standard InChI is InChI=1S/C28H48O6S/c1-16(2)17(3)13-26(34-35(31,32)33)18(4)21-7-8-22-20-15-25(30)24-14-19(29)9-11-28(24,6)23(20)10-12-27(21,22)5/h16-24,26,29H,7-15H2,1-6H3,(H,31,32,33). The summed E-state index contributed by atoms with van der Waals surface area (Å²) in [5.41, 5.74) is 0.0354. The fourth-order valence-electron chi connectivity index (χ4n) is 9.32. The zero-order chi connectivity index (χ0) is 25.9. The lowest BCUT2D eigenvalue weighted by molar-refractivity contribution is -0.160. The molecule has 202 valence electrons. The van der Waals surface area contributed by atoms with Gasteiger partial charge in [0.05, 0.1) is 12.2 Å². The first-order valence-corrected chi connectivity index (χ1v) is 15.4. The van der Waals surface area contributed by atoms with E-state index in [1.165, 1.54) is 0 Å². The van der Waals surface area contributed by atoms with Crippen LogP contribution in [-0.2, 0) is 19.4 Å². The molecule has 0 amide bonds. The lowest BCUT2D eigenvalue weighted by atomic mass is 9.44. The number of aliphatic hydroxyl groups is 1. The highest BCUT2D eigenvalue weighted by molar-refractivity contribution is 7.80. The molecular weight excluding hydrogens is 464 g/mol. The minimum absolute atomic E-state index is 0.00181. The van der Waals surface area contributed by atoms with Crippen LogP contribution in [0.1, 0.15) is 99.3 Å². The van der Waals surface area contributed by atoms with E-state index in [0.717, 1.165) is 38.5 Å². The number of ketones is 1. The van der Waals surface area contributed by atoms with Gasteiger partial charge in [-0.2, -0.15) is 8.42 Å². The smallest absolute Gasteiger partial charge is 0.393 e. The van der Waals surface area contributed by atoms with Crippen molar-refractivity contribution in [3.63, 3.8) is 0 Å². The van der Waals surface area contributed by atoms with Gasteiger partial charge in [-0.05, 0) is 104 Å². The van der Waals surface area contributed by atoms with Gasteiger partial charge < -0.3 is 5.11 Å². The third-order valence-electron chi connectivity index (χ3n) is 11.7. The van der Waals surface area contributed by atoms with Gasteiger partial charge in [0.25, 0.3) is 0 Å². The molecule has 0 aliphatic heterocycles. The maximum absolute atomic E-state index is 13.4. The average Bonchev–Trinajstić information content (AvgIpc) is 3.10. The summed E-state index contributed by atoms with van der Waals surface area (Å²) in [6, 6.07) is 0. The minimum Gasteiger partial charge on any atom is -0.393 e. The number of carbonyl (C=O) groups is 1. The van der Waals surface area contributed by atoms with E-state index < -0.39 is 16.5 Å². The van der Waals surface area contributed by atoms with Gasteiger partial charge in [0.1, 0.15) is 5.78 Å². The second-order valence-electron chi connectivity index (χ2n) is 13.6. The lowest BCUT2D eigenvalue weighted by Crippen LogP contribution is -2.57. The van der Waals surface area contributed by atoms with Gasteiger partial charge in [-0.15, -0.1) is 0 Å². The minimum atomic E-state index is -4.54. The Labute approximate surface area is 212 Å². The number of hydrogen-bond donors (Lipinski definition) is 2. The molecule has 0 bridgehead atoms. The van der Waals surface area contributed by atoms with E-state index in [2.05, 4.69) is 41.5 Å². The fraction of sp³-hybridized carbons (Fsp3) is 0.964. The second kappa shape index (κ2) is 9.67. The molecule has 35 heavy (non-hydrogen) atoms. The molecule has 0 aromatic heterocycles. The van der Waals surface area contributed by atoms with E-state index in [1.807, 2.05) is 0 Å². The van der Waals surface area contributed by atoms with E-state index in [9.17, 15) is 22.9 Å². The average molecular weight is 513 g/mol. The predicted octanol–water partition coefficient (Wildman–Crippen LogP) is 5.69. The molecule has 4 aliphatic rings. The van der Waals surface area contributed by atoms with Crippen LogP contribution in [0, 0.1) is 58.2 Å². The van der Waals surface area contributed by atoms with Crippen molar-refractivity contribution in [1.82, 2.24) is 0 Å². The number of aliphatic hydroxyl groups excluding tert-OH is 1. The maximum Gasteiger partial charge on any atom is 0.397 e. The molecule has 0 heterocycles. The van der Waals surface area contributed by atoms with E-state index in [0.29, 0.717) is 54.6 Å². The molecule has 0 spiro atoms. The van der Waals surface area contributed by atoms with Crippen LogP contribution in [0.2, 0.25) is 0 Å². The van der Waals surface area contributed by atoms with Gasteiger partial charge in [0, 0.05) is 12.3 Å². The van der Waals surface area contributed by atoms with Crippen molar-refractivity contribution in [3.8, 4) is 0 Å². The number of Topliss-reactive ketones (excluding diaryl/α,β-unsaturated/α-hetero) is 1. The van der Waals surface area contributed by atoms with Crippen LogP contribution < -0.4 is 0 Å². The molecule has 0 radical (unpaired) electrons. The van der Waals surface area contributed by atoms with Gasteiger partial charge in [-0.25, -0.2) is 4.18 Å². The van der Waals surface area contributed by atoms with Gasteiger partial charge in [-0.3, -0.25) is 9.35 Å². The molecule has 4 saturated carbocycles. The summed E-state index contributed by atoms with van der Waals surface area (Å²) in [6.45, 7) is 13.2. The first-order valence-electron chi connectivity index (χ1n) is 14.0. The summed E-state index contributed by atoms with van der Waals surface area (Å²) >= 11 is 0. The van der Waals surface area contributed by atoms with Crippen LogP contribution >= 0.6 is 0 Å². The first kappa shape index (κ1) is 27.5. The van der Waals surface area contributed by atoms with Crippen LogP contribution in [0.25, 0.3) is 0 Å². The Bertz CT molecular complexity index is 901. The Morgan fingerprint density at radius 2 is 1.63 bits per heavy atom. The molecule has 11 unspecified atom stereocenters. The summed E-state index contributed by atoms with van der Waals surface area (Å²) < 4.78 is 38.4. The molecule has 0 saturated heterocycles. The fourth-order valence-corrected chi connectivity index (χ4v) is 9.89. The van der Waals surface area contributed by atoms with Crippen molar-refractivity contribution in [1.29, 1.82) is 0 Å². The number of hydrogen-bond acceptors (Lipinski definition) is 5. The van der Waals surface area contributed by atoms with E-state index in [4.69, 9.17) is 4.18 Å². The van der Waals surface area contributed by atoms with Crippen molar-refractivity contribution < 1.29 is 27.1 Å². The van der Waals surface area contributed by atoms with Crippen molar-refractivity contribution in [2.45, 2.75) is 112 Å². The Kier molecular flexibility index (Phi) is 7.60. The van der Waals surface area contributed by atoms with Crippen molar-refractivity contribution in [2.75, 3.05) is 0 Å². The maximum atomic E-state index is 13.4. The lowest BCUT2D eigenvalue weighted by Gasteiger charge is -2.60. The molecule has 4 rings (SSSR count). The van der Waals surface area contributed by atoms with Crippen LogP contribution in [0.5, 0.6) is 0 Å². The molecule has 11 atom stereocenters. The first-order chi connectivity index (χ1) is 16.2. The Balaban J connectivity index is 1.57. The summed E-state index contributed by atoms with van der Waals surface area (Å²) in [5.74, 6) is 2.68. The SMILES string of the molecule is CC(C)C(C)CC(OS(=O)(=O)O)C(C)C1CCC2C3CC(=O)C4CC(O)CCC4(C)C3CCC12C. The van der Waals surface area contributed by atoms with E-state index in [-0.39, 0.29) is 34.7 Å². The molecule has 4 fully saturated rings. The van der Waals surface area contributed by atoms with Crippen LogP contribution in [0.3, 0.4) is 0 Å². The van der Waals surface area contributed by atoms with Gasteiger partial charge >= 0.3 is 10.4 Å². The van der Waals surface area contributed by atoms with Crippen LogP contribution in [0.15, 0.2) is 0 Å². The topological polar surface area (TPSA) is 101 Å². The Hall–Kier alpha value is -0.500. The van der Waals surface area contributed by atoms with Crippen molar-refractivity contribution >= 4 is 16.2 Å². The molecule has 6 nitrogen and oxygen atoms in total. The quantitative estimate of drug-likeness (QED) is 0.425. The molecule has 0 aromatic rings. The normalized spacial score (nSPS) is 44.3. The number of carbonyl (C=O) groups excluding carboxylic acids is 1.